The number of hydrogen-bond donors (Lipinski definition) is 0. The molecule has 0 bridgehead atoms. The molecule has 1 aliphatic rings. The highest BCUT2D eigenvalue weighted by atomic mass is 32.2. The molecular weight excluding hydrogens is 424 g/mol. The summed E-state index contributed by atoms with van der Waals surface area (Å²) in [5.41, 5.74) is 2.93. The van der Waals surface area contributed by atoms with Gasteiger partial charge in [0.2, 0.25) is 0 Å². The highest BCUT2D eigenvalue weighted by Gasteiger charge is 2.27. The molecule has 2 aromatic carbocycles. The number of ether oxygens (including phenoxy) is 1. The van der Waals surface area contributed by atoms with Crippen LogP contribution in [0.4, 0.5) is 5.13 Å². The first-order valence-corrected chi connectivity index (χ1v) is 12.7. The Morgan fingerprint density at radius 1 is 1.23 bits per heavy atom. The smallest absolute Gasteiger partial charge is 0.260 e. The second-order valence-corrected chi connectivity index (χ2v) is 11.2. The van der Waals surface area contributed by atoms with E-state index in [2.05, 4.69) is 52.0 Å². The SMILES string of the molecule is CC(C)Sc1cccc(C(=O)N(CC2CCCO2)c2nc3c(C(C)C)cccc3s2)c1. The van der Waals surface area contributed by atoms with Crippen molar-refractivity contribution in [2.24, 2.45) is 0 Å². The predicted octanol–water partition coefficient (Wildman–Crippen LogP) is 6.75. The number of carbonyl (C=O) groups excluding carboxylic acids is 1. The third kappa shape index (κ3) is 5.13. The Morgan fingerprint density at radius 3 is 2.74 bits per heavy atom. The molecule has 2 heterocycles. The van der Waals surface area contributed by atoms with Crippen molar-refractivity contribution in [1.29, 1.82) is 0 Å². The normalized spacial score (nSPS) is 16.5. The summed E-state index contributed by atoms with van der Waals surface area (Å²) in [6.07, 6.45) is 2.09. The second kappa shape index (κ2) is 9.72. The molecular formula is C25H30N2O2S2. The molecule has 164 valence electrons. The zero-order valence-electron chi connectivity index (χ0n) is 18.6. The Morgan fingerprint density at radius 2 is 2.03 bits per heavy atom. The van der Waals surface area contributed by atoms with Gasteiger partial charge in [-0.15, -0.1) is 11.8 Å². The number of thioether (sulfide) groups is 1. The average Bonchev–Trinajstić information content (AvgIpc) is 3.40. The topological polar surface area (TPSA) is 42.4 Å². The van der Waals surface area contributed by atoms with Crippen molar-refractivity contribution in [3.63, 3.8) is 0 Å². The number of carbonyl (C=O) groups is 1. The molecule has 3 aromatic rings. The second-order valence-electron chi connectivity index (χ2n) is 8.59. The minimum Gasteiger partial charge on any atom is -0.376 e. The lowest BCUT2D eigenvalue weighted by Gasteiger charge is -2.23. The van der Waals surface area contributed by atoms with Gasteiger partial charge in [-0.3, -0.25) is 9.69 Å². The van der Waals surface area contributed by atoms with Crippen LogP contribution in [0.1, 0.15) is 62.4 Å². The molecule has 1 aliphatic heterocycles. The minimum absolute atomic E-state index is 0.00754. The molecule has 4 nitrogen and oxygen atoms in total. The molecule has 1 saturated heterocycles. The fourth-order valence-corrected chi connectivity index (χ4v) is 5.81. The van der Waals surface area contributed by atoms with E-state index in [9.17, 15) is 4.79 Å². The van der Waals surface area contributed by atoms with E-state index in [0.29, 0.717) is 23.3 Å². The van der Waals surface area contributed by atoms with Gasteiger partial charge >= 0.3 is 0 Å². The number of anilines is 1. The minimum atomic E-state index is -0.00754. The van der Waals surface area contributed by atoms with Crippen LogP contribution in [0.3, 0.4) is 0 Å². The third-order valence-electron chi connectivity index (χ3n) is 5.40. The van der Waals surface area contributed by atoms with Crippen molar-refractivity contribution < 1.29 is 9.53 Å². The van der Waals surface area contributed by atoms with Crippen LogP contribution in [0.5, 0.6) is 0 Å². The quantitative estimate of drug-likeness (QED) is 0.371. The first-order chi connectivity index (χ1) is 14.9. The standard InChI is InChI=1S/C25H30N2O2S2/c1-16(2)21-11-6-12-22-23(21)26-25(31-22)27(15-19-9-7-13-29-19)24(28)18-8-5-10-20(14-18)30-17(3)4/h5-6,8,10-12,14,16-17,19H,7,9,13,15H2,1-4H3. The first kappa shape index (κ1) is 22.3. The fourth-order valence-electron chi connectivity index (χ4n) is 3.91. The molecule has 31 heavy (non-hydrogen) atoms. The summed E-state index contributed by atoms with van der Waals surface area (Å²) >= 11 is 3.36. The Balaban J connectivity index is 1.72. The van der Waals surface area contributed by atoms with Crippen LogP contribution in [-0.4, -0.2) is 35.4 Å². The number of hydrogen-bond acceptors (Lipinski definition) is 5. The lowest BCUT2D eigenvalue weighted by molar-refractivity contribution is 0.0917. The van der Waals surface area contributed by atoms with Gasteiger partial charge < -0.3 is 4.74 Å². The molecule has 1 amide bonds. The summed E-state index contributed by atoms with van der Waals surface area (Å²) in [7, 11) is 0. The van der Waals surface area contributed by atoms with Gasteiger partial charge in [-0.25, -0.2) is 4.98 Å². The lowest BCUT2D eigenvalue weighted by atomic mass is 10.0. The van der Waals surface area contributed by atoms with E-state index < -0.39 is 0 Å². The average molecular weight is 455 g/mol. The molecule has 1 atom stereocenters. The molecule has 1 fully saturated rings. The summed E-state index contributed by atoms with van der Waals surface area (Å²) in [4.78, 5) is 21.6. The summed E-state index contributed by atoms with van der Waals surface area (Å²) in [6, 6.07) is 14.3. The number of nitrogens with zero attached hydrogens (tertiary/aromatic N) is 2. The van der Waals surface area contributed by atoms with E-state index in [4.69, 9.17) is 9.72 Å². The lowest BCUT2D eigenvalue weighted by Crippen LogP contribution is -2.37. The van der Waals surface area contributed by atoms with Gasteiger partial charge in [0.1, 0.15) is 0 Å². The van der Waals surface area contributed by atoms with Gasteiger partial charge in [-0.1, -0.05) is 57.2 Å². The van der Waals surface area contributed by atoms with Gasteiger partial charge in [-0.2, -0.15) is 0 Å². The highest BCUT2D eigenvalue weighted by molar-refractivity contribution is 7.99. The zero-order chi connectivity index (χ0) is 22.0. The molecule has 1 unspecified atom stereocenters. The Bertz CT molecular complexity index is 1050. The summed E-state index contributed by atoms with van der Waals surface area (Å²) in [5, 5.41) is 1.22. The van der Waals surface area contributed by atoms with E-state index >= 15 is 0 Å². The van der Waals surface area contributed by atoms with Crippen LogP contribution in [0.25, 0.3) is 10.2 Å². The molecule has 4 rings (SSSR count). The Hall–Kier alpha value is -1.89. The van der Waals surface area contributed by atoms with Gasteiger partial charge in [0, 0.05) is 22.3 Å². The van der Waals surface area contributed by atoms with Crippen LogP contribution >= 0.6 is 23.1 Å². The maximum Gasteiger partial charge on any atom is 0.260 e. The van der Waals surface area contributed by atoms with E-state index in [1.54, 1.807) is 23.1 Å². The van der Waals surface area contributed by atoms with Crippen molar-refractivity contribution in [2.45, 2.75) is 62.7 Å². The Labute approximate surface area is 193 Å². The van der Waals surface area contributed by atoms with Gasteiger partial charge in [0.15, 0.2) is 5.13 Å². The molecule has 0 spiro atoms. The molecule has 1 aromatic heterocycles. The third-order valence-corrected chi connectivity index (χ3v) is 7.44. The molecule has 0 saturated carbocycles. The number of rotatable bonds is 7. The molecule has 0 radical (unpaired) electrons. The summed E-state index contributed by atoms with van der Waals surface area (Å²) < 4.78 is 7.00. The largest absolute Gasteiger partial charge is 0.376 e. The Kier molecular flexibility index (Phi) is 6.99. The molecule has 6 heteroatoms. The van der Waals surface area contributed by atoms with Crippen molar-refractivity contribution in [1.82, 2.24) is 4.98 Å². The number of thiazole rings is 1. The number of fused-ring (bicyclic) bond motifs is 1. The molecule has 0 aliphatic carbocycles. The van der Waals surface area contributed by atoms with Crippen molar-refractivity contribution in [3.05, 3.63) is 53.6 Å². The van der Waals surface area contributed by atoms with Gasteiger partial charge in [-0.05, 0) is 48.6 Å². The van der Waals surface area contributed by atoms with E-state index in [-0.39, 0.29) is 12.0 Å². The number of para-hydroxylation sites is 1. The van der Waals surface area contributed by atoms with E-state index in [0.717, 1.165) is 39.7 Å². The number of aromatic nitrogens is 1. The van der Waals surface area contributed by atoms with Crippen LogP contribution in [-0.2, 0) is 4.74 Å². The summed E-state index contributed by atoms with van der Waals surface area (Å²) in [6.45, 7) is 10.00. The predicted molar refractivity (Wildman–Crippen MR) is 132 cm³/mol. The monoisotopic (exact) mass is 454 g/mol. The van der Waals surface area contributed by atoms with Gasteiger partial charge in [0.25, 0.3) is 5.91 Å². The van der Waals surface area contributed by atoms with Gasteiger partial charge in [0.05, 0.1) is 22.9 Å². The van der Waals surface area contributed by atoms with Crippen LogP contribution < -0.4 is 4.90 Å². The van der Waals surface area contributed by atoms with Crippen LogP contribution in [0.15, 0.2) is 47.4 Å². The van der Waals surface area contributed by atoms with Crippen molar-refractivity contribution in [3.8, 4) is 0 Å². The fraction of sp³-hybridized carbons (Fsp3) is 0.440. The van der Waals surface area contributed by atoms with Crippen LogP contribution in [0.2, 0.25) is 0 Å². The maximum absolute atomic E-state index is 13.7. The number of benzene rings is 2. The summed E-state index contributed by atoms with van der Waals surface area (Å²) in [5.74, 6) is 0.373. The first-order valence-electron chi connectivity index (χ1n) is 11.0. The highest BCUT2D eigenvalue weighted by Crippen LogP contribution is 2.35. The molecule has 0 N–H and O–H groups in total. The van der Waals surface area contributed by atoms with E-state index in [1.165, 1.54) is 5.56 Å². The maximum atomic E-state index is 13.7. The zero-order valence-corrected chi connectivity index (χ0v) is 20.3. The van der Waals surface area contributed by atoms with Crippen LogP contribution in [0, 0.1) is 0 Å². The van der Waals surface area contributed by atoms with Crippen molar-refractivity contribution in [2.75, 3.05) is 18.1 Å². The van der Waals surface area contributed by atoms with E-state index in [1.807, 2.05) is 23.1 Å². The van der Waals surface area contributed by atoms with Crippen molar-refractivity contribution >= 4 is 44.4 Å². The number of amides is 1.